The van der Waals surface area contributed by atoms with Gasteiger partial charge in [-0.3, -0.25) is 4.90 Å². The Hall–Kier alpha value is -6.06. The average Bonchev–Trinajstić information content (AvgIpc) is 3.43. The Morgan fingerprint density at radius 3 is 1.76 bits per heavy atom. The lowest BCUT2D eigenvalue weighted by molar-refractivity contribution is 0.446. The molecule has 3 nitrogen and oxygen atoms in total. The topological polar surface area (TPSA) is 21.7 Å². The SMILES string of the molecule is c1ccc2c(c1)Oc1cccc3c1N2c1ccc(-c2ccc4c(c2)C(c2ccc5c(c2)CC5)(c2ccc5c(c2)CC5)c2ccccc2-4)cc1O3. The van der Waals surface area contributed by atoms with E-state index in [2.05, 4.69) is 114 Å². The number of benzene rings is 7. The van der Waals surface area contributed by atoms with E-state index in [0.29, 0.717) is 0 Å². The summed E-state index contributed by atoms with van der Waals surface area (Å²) in [5, 5.41) is 0. The molecule has 7 aromatic carbocycles. The van der Waals surface area contributed by atoms with Crippen molar-refractivity contribution in [3.05, 3.63) is 184 Å². The van der Waals surface area contributed by atoms with E-state index < -0.39 is 5.41 Å². The number of fused-ring (bicyclic) bond motifs is 9. The van der Waals surface area contributed by atoms with Crippen LogP contribution in [-0.4, -0.2) is 0 Å². The lowest BCUT2D eigenvalue weighted by atomic mass is 9.65. The van der Waals surface area contributed by atoms with E-state index in [1.165, 1.54) is 74.0 Å². The number of ether oxygens (including phenoxy) is 2. The second-order valence-corrected chi connectivity index (χ2v) is 14.3. The first kappa shape index (κ1) is 26.8. The lowest BCUT2D eigenvalue weighted by Gasteiger charge is -2.38. The standard InChI is InChI=1S/C47H31NO2/c1-2-7-38-36(6-1)37-22-18-32(26-39(37)47(38,34-20-16-28-12-14-30(28)24-34)35-21-17-29-13-15-31(29)25-35)33-19-23-41-45(27-33)50-44-11-5-10-43-46(44)48(41)40-8-3-4-9-42(40)49-43/h1-11,16-27H,12-15H2. The molecule has 7 aromatic rings. The minimum Gasteiger partial charge on any atom is -0.453 e. The van der Waals surface area contributed by atoms with Gasteiger partial charge in [-0.15, -0.1) is 0 Å². The zero-order valence-electron chi connectivity index (χ0n) is 27.4. The van der Waals surface area contributed by atoms with Gasteiger partial charge in [0.15, 0.2) is 23.0 Å². The Balaban J connectivity index is 1.07. The molecule has 0 saturated carbocycles. The lowest BCUT2D eigenvalue weighted by Crippen LogP contribution is -2.30. The fourth-order valence-corrected chi connectivity index (χ4v) is 9.29. The van der Waals surface area contributed by atoms with Crippen LogP contribution in [0.2, 0.25) is 0 Å². The highest BCUT2D eigenvalue weighted by Crippen LogP contribution is 2.61. The van der Waals surface area contributed by atoms with Gasteiger partial charge in [-0.2, -0.15) is 0 Å². The summed E-state index contributed by atoms with van der Waals surface area (Å²) >= 11 is 0. The molecule has 0 fully saturated rings. The smallest absolute Gasteiger partial charge is 0.155 e. The molecule has 5 aliphatic rings. The van der Waals surface area contributed by atoms with Crippen molar-refractivity contribution < 1.29 is 9.47 Å². The van der Waals surface area contributed by atoms with E-state index in [-0.39, 0.29) is 0 Å². The molecule has 12 rings (SSSR count). The van der Waals surface area contributed by atoms with Crippen LogP contribution in [0.3, 0.4) is 0 Å². The van der Waals surface area contributed by atoms with Gasteiger partial charge in [0, 0.05) is 0 Å². The van der Waals surface area contributed by atoms with Gasteiger partial charge in [0.05, 0.1) is 16.8 Å². The number of para-hydroxylation sites is 3. The van der Waals surface area contributed by atoms with Crippen molar-refractivity contribution in [2.45, 2.75) is 31.1 Å². The molecule has 0 saturated heterocycles. The Morgan fingerprint density at radius 2 is 1.02 bits per heavy atom. The van der Waals surface area contributed by atoms with Crippen molar-refractivity contribution >= 4 is 17.1 Å². The average molecular weight is 642 g/mol. The summed E-state index contributed by atoms with van der Waals surface area (Å²) < 4.78 is 13.0. The van der Waals surface area contributed by atoms with Crippen LogP contribution >= 0.6 is 0 Å². The molecule has 3 aliphatic carbocycles. The molecule has 0 N–H and O–H groups in total. The van der Waals surface area contributed by atoms with Gasteiger partial charge in [-0.25, -0.2) is 0 Å². The Labute approximate surface area is 291 Å². The number of nitrogens with zero attached hydrogens (tertiary/aromatic N) is 1. The summed E-state index contributed by atoms with van der Waals surface area (Å²) in [6.07, 6.45) is 4.68. The maximum absolute atomic E-state index is 6.66. The third-order valence-corrected chi connectivity index (χ3v) is 11.9. The van der Waals surface area contributed by atoms with E-state index in [1.54, 1.807) is 0 Å². The first-order valence-electron chi connectivity index (χ1n) is 17.8. The Morgan fingerprint density at radius 1 is 0.420 bits per heavy atom. The maximum Gasteiger partial charge on any atom is 0.155 e. The molecule has 0 atom stereocenters. The molecule has 0 unspecified atom stereocenters. The number of aryl methyl sites for hydroxylation is 4. The molecule has 0 radical (unpaired) electrons. The first-order valence-corrected chi connectivity index (χ1v) is 17.8. The quantitative estimate of drug-likeness (QED) is 0.192. The van der Waals surface area contributed by atoms with Crippen LogP contribution in [0.4, 0.5) is 17.1 Å². The van der Waals surface area contributed by atoms with Gasteiger partial charge < -0.3 is 9.47 Å². The third kappa shape index (κ3) is 3.39. The predicted molar refractivity (Wildman–Crippen MR) is 199 cm³/mol. The molecule has 2 aliphatic heterocycles. The fourth-order valence-electron chi connectivity index (χ4n) is 9.29. The van der Waals surface area contributed by atoms with Gasteiger partial charge in [0.2, 0.25) is 0 Å². The van der Waals surface area contributed by atoms with Gasteiger partial charge in [0.1, 0.15) is 5.69 Å². The number of hydrogen-bond acceptors (Lipinski definition) is 3. The summed E-state index contributed by atoms with van der Waals surface area (Å²) in [5.74, 6) is 3.28. The Bertz CT molecular complexity index is 2580. The molecular formula is C47H31NO2. The minimum atomic E-state index is -0.408. The highest BCUT2D eigenvalue weighted by molar-refractivity contribution is 5.95. The first-order chi connectivity index (χ1) is 24.7. The normalized spacial score (nSPS) is 15.7. The van der Waals surface area contributed by atoms with Gasteiger partial charge >= 0.3 is 0 Å². The summed E-state index contributed by atoms with van der Waals surface area (Å²) in [5.41, 5.74) is 19.0. The van der Waals surface area contributed by atoms with Crippen LogP contribution in [0, 0.1) is 0 Å². The number of rotatable bonds is 3. The highest BCUT2D eigenvalue weighted by Gasteiger charge is 2.47. The van der Waals surface area contributed by atoms with E-state index in [4.69, 9.17) is 9.47 Å². The van der Waals surface area contributed by atoms with E-state index >= 15 is 0 Å². The van der Waals surface area contributed by atoms with Gasteiger partial charge in [-0.1, -0.05) is 97.1 Å². The largest absolute Gasteiger partial charge is 0.453 e. The third-order valence-electron chi connectivity index (χ3n) is 11.9. The van der Waals surface area contributed by atoms with Crippen LogP contribution in [0.15, 0.2) is 140 Å². The van der Waals surface area contributed by atoms with Crippen LogP contribution < -0.4 is 14.4 Å². The molecule has 3 heteroatoms. The van der Waals surface area contributed by atoms with Crippen LogP contribution in [0.1, 0.15) is 44.5 Å². The van der Waals surface area contributed by atoms with Crippen LogP contribution in [-0.2, 0) is 31.1 Å². The maximum atomic E-state index is 6.66. The highest BCUT2D eigenvalue weighted by atomic mass is 16.5. The second kappa shape index (κ2) is 9.55. The molecule has 0 bridgehead atoms. The van der Waals surface area contributed by atoms with Crippen molar-refractivity contribution in [2.24, 2.45) is 0 Å². The van der Waals surface area contributed by atoms with Crippen molar-refractivity contribution in [2.75, 3.05) is 4.90 Å². The monoisotopic (exact) mass is 641 g/mol. The van der Waals surface area contributed by atoms with E-state index in [0.717, 1.165) is 58.5 Å². The molecule has 50 heavy (non-hydrogen) atoms. The summed E-state index contributed by atoms with van der Waals surface area (Å²) in [6, 6.07) is 51.8. The zero-order valence-corrected chi connectivity index (χ0v) is 27.4. The van der Waals surface area contributed by atoms with E-state index in [9.17, 15) is 0 Å². The number of anilines is 3. The zero-order chi connectivity index (χ0) is 32.6. The molecule has 0 aromatic heterocycles. The summed E-state index contributed by atoms with van der Waals surface area (Å²) in [7, 11) is 0. The number of hydrogen-bond donors (Lipinski definition) is 0. The van der Waals surface area contributed by atoms with Crippen LogP contribution in [0.25, 0.3) is 22.3 Å². The second-order valence-electron chi connectivity index (χ2n) is 14.3. The molecule has 2 heterocycles. The minimum absolute atomic E-state index is 0.408. The molecule has 0 amide bonds. The molecule has 0 spiro atoms. The molecule has 236 valence electrons. The summed E-state index contributed by atoms with van der Waals surface area (Å²) in [6.45, 7) is 0. The van der Waals surface area contributed by atoms with Crippen molar-refractivity contribution in [1.82, 2.24) is 0 Å². The fraction of sp³-hybridized carbons (Fsp3) is 0.106. The summed E-state index contributed by atoms with van der Waals surface area (Å²) in [4.78, 5) is 2.28. The Kier molecular flexibility index (Phi) is 5.13. The van der Waals surface area contributed by atoms with E-state index in [1.807, 2.05) is 30.3 Å². The predicted octanol–water partition coefficient (Wildman–Crippen LogP) is 11.6. The van der Waals surface area contributed by atoms with Crippen molar-refractivity contribution in [3.8, 4) is 45.3 Å². The van der Waals surface area contributed by atoms with Gasteiger partial charge in [-0.05, 0) is 135 Å². The van der Waals surface area contributed by atoms with Gasteiger partial charge in [0.25, 0.3) is 0 Å². The van der Waals surface area contributed by atoms with Crippen LogP contribution in [0.5, 0.6) is 23.0 Å². The van der Waals surface area contributed by atoms with Crippen molar-refractivity contribution in [3.63, 3.8) is 0 Å². The van der Waals surface area contributed by atoms with Crippen molar-refractivity contribution in [1.29, 1.82) is 0 Å². The molecular weight excluding hydrogens is 611 g/mol.